The fourth-order valence-corrected chi connectivity index (χ4v) is 2.37. The number of carbonyl (C=O) groups is 1. The molecule has 0 spiro atoms. The van der Waals surface area contributed by atoms with Crippen LogP contribution >= 0.6 is 11.6 Å². The summed E-state index contributed by atoms with van der Waals surface area (Å²) in [5.74, 6) is -0.166. The Bertz CT molecular complexity index is 650. The number of para-hydroxylation sites is 1. The fraction of sp³-hybridized carbons (Fsp3) is 0.250. The van der Waals surface area contributed by atoms with E-state index in [1.54, 1.807) is 6.08 Å². The first-order chi connectivity index (χ1) is 8.66. The maximum absolute atomic E-state index is 11.4. The van der Waals surface area contributed by atoms with Gasteiger partial charge in [0, 0.05) is 12.0 Å². The Hall–Kier alpha value is -1.72. The van der Waals surface area contributed by atoms with E-state index in [-0.39, 0.29) is 12.2 Å². The molecule has 3 rings (SSSR count). The van der Waals surface area contributed by atoms with Crippen molar-refractivity contribution >= 4 is 34.0 Å². The minimum absolute atomic E-state index is 0.0360. The third-order valence-corrected chi connectivity index (χ3v) is 3.41. The Morgan fingerprint density at radius 2 is 2.22 bits per heavy atom. The number of hydrogen-bond acceptors (Lipinski definition) is 4. The summed E-state index contributed by atoms with van der Waals surface area (Å²) in [6.07, 6.45) is 0.783. The number of hydrogen-bond donors (Lipinski definition) is 2. The van der Waals surface area contributed by atoms with Crippen LogP contribution in [-0.2, 0) is 4.79 Å². The maximum Gasteiger partial charge on any atom is 0.157 e. The Morgan fingerprint density at radius 3 is 3.06 bits per heavy atom. The highest BCUT2D eigenvalue weighted by molar-refractivity contribution is 6.33. The summed E-state index contributed by atoms with van der Waals surface area (Å²) in [5, 5.41) is 19.9. The van der Waals surface area contributed by atoms with Gasteiger partial charge in [0.1, 0.15) is 16.4 Å². The average Bonchev–Trinajstić information content (AvgIpc) is 2.82. The van der Waals surface area contributed by atoms with Crippen LogP contribution in [0.2, 0.25) is 0 Å². The molecule has 1 aliphatic rings. The van der Waals surface area contributed by atoms with Crippen molar-refractivity contribution in [3.63, 3.8) is 0 Å². The maximum atomic E-state index is 11.4. The zero-order valence-electron chi connectivity index (χ0n) is 9.30. The highest BCUT2D eigenvalue weighted by atomic mass is 35.5. The summed E-state index contributed by atoms with van der Waals surface area (Å²) in [6.45, 7) is 0. The summed E-state index contributed by atoms with van der Waals surface area (Å²) in [5.41, 5.74) is 2.77. The van der Waals surface area contributed by atoms with E-state index in [0.717, 1.165) is 5.56 Å². The molecule has 1 aromatic carbocycles. The molecule has 0 aliphatic heterocycles. The zero-order valence-corrected chi connectivity index (χ0v) is 10.1. The number of aromatic nitrogens is 3. The van der Waals surface area contributed by atoms with Crippen molar-refractivity contribution in [3.05, 3.63) is 29.8 Å². The van der Waals surface area contributed by atoms with Gasteiger partial charge in [-0.1, -0.05) is 18.2 Å². The second kappa shape index (κ2) is 4.19. The number of ketones is 1. The van der Waals surface area contributed by atoms with Gasteiger partial charge in [-0.15, -0.1) is 11.6 Å². The number of aliphatic hydroxyl groups is 1. The second-order valence-electron chi connectivity index (χ2n) is 4.21. The van der Waals surface area contributed by atoms with Gasteiger partial charge in [0.05, 0.1) is 6.10 Å². The summed E-state index contributed by atoms with van der Waals surface area (Å²) >= 11 is 5.92. The van der Waals surface area contributed by atoms with Crippen molar-refractivity contribution in [1.29, 1.82) is 0 Å². The van der Waals surface area contributed by atoms with Crippen LogP contribution < -0.4 is 0 Å². The largest absolute Gasteiger partial charge is 0.388 e. The standard InChI is InChI=1S/C12H10ClN3O2/c13-8-4-7(10(17)5-11(8)18)6-2-1-3-9-12(6)15-16-14-9/h1-4,8,10,17H,5H2,(H,14,15,16). The van der Waals surface area contributed by atoms with E-state index < -0.39 is 11.5 Å². The zero-order chi connectivity index (χ0) is 12.7. The quantitative estimate of drug-likeness (QED) is 0.760. The van der Waals surface area contributed by atoms with Gasteiger partial charge in [0.15, 0.2) is 5.78 Å². The van der Waals surface area contributed by atoms with Crippen LogP contribution in [0.1, 0.15) is 12.0 Å². The molecule has 2 unspecified atom stereocenters. The lowest BCUT2D eigenvalue weighted by atomic mass is 9.89. The van der Waals surface area contributed by atoms with Crippen molar-refractivity contribution < 1.29 is 9.90 Å². The van der Waals surface area contributed by atoms with Gasteiger partial charge in [-0.3, -0.25) is 4.79 Å². The number of benzene rings is 1. The molecule has 0 saturated heterocycles. The van der Waals surface area contributed by atoms with Gasteiger partial charge in [-0.25, -0.2) is 0 Å². The smallest absolute Gasteiger partial charge is 0.157 e. The van der Waals surface area contributed by atoms with E-state index in [0.29, 0.717) is 16.6 Å². The number of alkyl halides is 1. The van der Waals surface area contributed by atoms with Crippen LogP contribution in [0.15, 0.2) is 24.3 Å². The Balaban J connectivity index is 2.17. The molecule has 1 heterocycles. The van der Waals surface area contributed by atoms with Crippen molar-refractivity contribution in [1.82, 2.24) is 15.4 Å². The Kier molecular flexibility index (Phi) is 2.65. The number of halogens is 1. The molecule has 2 atom stereocenters. The first-order valence-electron chi connectivity index (χ1n) is 5.53. The molecule has 0 radical (unpaired) electrons. The van der Waals surface area contributed by atoms with Gasteiger partial charge in [-0.05, 0) is 11.6 Å². The summed E-state index contributed by atoms with van der Waals surface area (Å²) in [4.78, 5) is 11.4. The molecule has 5 nitrogen and oxygen atoms in total. The van der Waals surface area contributed by atoms with Gasteiger partial charge >= 0.3 is 0 Å². The number of aliphatic hydroxyl groups excluding tert-OH is 1. The molecule has 1 aliphatic carbocycles. The van der Waals surface area contributed by atoms with E-state index in [9.17, 15) is 9.90 Å². The SMILES string of the molecule is O=C1CC(O)C(c2cccc3n[nH]nc23)=CC1Cl. The molecular weight excluding hydrogens is 254 g/mol. The van der Waals surface area contributed by atoms with Crippen LogP contribution in [0.25, 0.3) is 16.6 Å². The fourth-order valence-electron chi connectivity index (χ4n) is 2.14. The van der Waals surface area contributed by atoms with Crippen LogP contribution in [0, 0.1) is 0 Å². The number of rotatable bonds is 1. The Labute approximate surface area is 107 Å². The molecule has 0 fully saturated rings. The minimum Gasteiger partial charge on any atom is -0.388 e. The first kappa shape index (κ1) is 11.4. The lowest BCUT2D eigenvalue weighted by molar-refractivity contribution is -0.119. The summed E-state index contributed by atoms with van der Waals surface area (Å²) in [6, 6.07) is 5.48. The van der Waals surface area contributed by atoms with Crippen molar-refractivity contribution in [2.24, 2.45) is 0 Å². The molecule has 0 saturated carbocycles. The third kappa shape index (κ3) is 1.72. The lowest BCUT2D eigenvalue weighted by Gasteiger charge is -2.21. The predicted octanol–water partition coefficient (Wildman–Crippen LogP) is 1.28. The monoisotopic (exact) mass is 263 g/mol. The van der Waals surface area contributed by atoms with Gasteiger partial charge in [0.2, 0.25) is 0 Å². The van der Waals surface area contributed by atoms with E-state index in [1.807, 2.05) is 18.2 Å². The predicted molar refractivity (Wildman–Crippen MR) is 67.1 cm³/mol. The molecule has 18 heavy (non-hydrogen) atoms. The van der Waals surface area contributed by atoms with Gasteiger partial charge in [0.25, 0.3) is 0 Å². The molecule has 1 aromatic heterocycles. The second-order valence-corrected chi connectivity index (χ2v) is 4.68. The van der Waals surface area contributed by atoms with Crippen molar-refractivity contribution in [2.75, 3.05) is 0 Å². The van der Waals surface area contributed by atoms with Crippen molar-refractivity contribution in [3.8, 4) is 0 Å². The molecular formula is C12H10ClN3O2. The molecule has 2 aromatic rings. The first-order valence-corrected chi connectivity index (χ1v) is 5.97. The van der Waals surface area contributed by atoms with E-state index in [4.69, 9.17) is 11.6 Å². The van der Waals surface area contributed by atoms with E-state index in [2.05, 4.69) is 15.4 Å². The van der Waals surface area contributed by atoms with Crippen molar-refractivity contribution in [2.45, 2.75) is 17.9 Å². The van der Waals surface area contributed by atoms with Crippen LogP contribution in [0.3, 0.4) is 0 Å². The Morgan fingerprint density at radius 1 is 1.39 bits per heavy atom. The van der Waals surface area contributed by atoms with Gasteiger partial charge < -0.3 is 5.11 Å². The molecule has 0 bridgehead atoms. The normalized spacial score (nSPS) is 24.3. The van der Waals surface area contributed by atoms with Crippen LogP contribution in [-0.4, -0.2) is 37.8 Å². The van der Waals surface area contributed by atoms with Gasteiger partial charge in [-0.2, -0.15) is 15.4 Å². The number of fused-ring (bicyclic) bond motifs is 1. The average molecular weight is 264 g/mol. The lowest BCUT2D eigenvalue weighted by Crippen LogP contribution is -2.27. The number of aromatic amines is 1. The highest BCUT2D eigenvalue weighted by Gasteiger charge is 2.28. The number of H-pyrrole nitrogens is 1. The number of Topliss-reactive ketones (excluding diaryl/α,β-unsaturated/α-hetero) is 1. The molecule has 6 heteroatoms. The number of nitrogens with one attached hydrogen (secondary N) is 1. The minimum atomic E-state index is -0.838. The van der Waals surface area contributed by atoms with Crippen LogP contribution in [0.5, 0.6) is 0 Å². The molecule has 2 N–H and O–H groups in total. The van der Waals surface area contributed by atoms with E-state index >= 15 is 0 Å². The number of nitrogens with zero attached hydrogens (tertiary/aromatic N) is 2. The summed E-state index contributed by atoms with van der Waals surface area (Å²) in [7, 11) is 0. The molecule has 92 valence electrons. The highest BCUT2D eigenvalue weighted by Crippen LogP contribution is 2.31. The third-order valence-electron chi connectivity index (χ3n) is 3.04. The van der Waals surface area contributed by atoms with Crippen LogP contribution in [0.4, 0.5) is 0 Å². The number of carbonyl (C=O) groups excluding carboxylic acids is 1. The van der Waals surface area contributed by atoms with E-state index in [1.165, 1.54) is 0 Å². The molecule has 0 amide bonds. The summed E-state index contributed by atoms with van der Waals surface area (Å²) < 4.78 is 0. The number of allylic oxidation sites excluding steroid dienone is 1. The topological polar surface area (TPSA) is 78.9 Å².